The summed E-state index contributed by atoms with van der Waals surface area (Å²) in [4.78, 5) is 11.6. The van der Waals surface area contributed by atoms with E-state index in [9.17, 15) is 4.79 Å². The number of hydrogen-bond donors (Lipinski definition) is 2. The molecule has 0 radical (unpaired) electrons. The molecule has 0 fully saturated rings. The van der Waals surface area contributed by atoms with Gasteiger partial charge in [0.15, 0.2) is 0 Å². The van der Waals surface area contributed by atoms with Crippen LogP contribution in [0.2, 0.25) is 0 Å². The summed E-state index contributed by atoms with van der Waals surface area (Å²) in [5.74, 6) is -0.198. The molecular weight excluding hydrogens is 234 g/mol. The second kappa shape index (κ2) is 7.56. The van der Waals surface area contributed by atoms with Crippen LogP contribution in [0.1, 0.15) is 6.42 Å². The Balaban J connectivity index is 0.00000196. The Labute approximate surface area is 99.5 Å². The van der Waals surface area contributed by atoms with Gasteiger partial charge < -0.3 is 10.8 Å². The standard InChI is InChI=1S/C10H13NO2S.ClH/c11-9(10(12)13)6-7-14-8-4-2-1-3-5-8;/h1-5,9H,6-7,11H2,(H,12,13);1H. The van der Waals surface area contributed by atoms with Crippen molar-refractivity contribution in [3.63, 3.8) is 0 Å². The third-order valence-electron chi connectivity index (χ3n) is 1.76. The minimum Gasteiger partial charge on any atom is -0.480 e. The summed E-state index contributed by atoms with van der Waals surface area (Å²) in [6.07, 6.45) is 0.495. The molecule has 3 nitrogen and oxygen atoms in total. The van der Waals surface area contributed by atoms with Gasteiger partial charge in [-0.3, -0.25) is 4.79 Å². The second-order valence-corrected chi connectivity index (χ2v) is 4.06. The van der Waals surface area contributed by atoms with Crippen molar-refractivity contribution < 1.29 is 9.90 Å². The summed E-state index contributed by atoms with van der Waals surface area (Å²) < 4.78 is 0. The molecule has 1 atom stereocenters. The zero-order valence-corrected chi connectivity index (χ0v) is 9.76. The molecule has 1 rings (SSSR count). The molecule has 0 aromatic heterocycles. The maximum atomic E-state index is 10.4. The van der Waals surface area contributed by atoms with Crippen LogP contribution in [-0.4, -0.2) is 22.9 Å². The molecule has 1 aromatic carbocycles. The highest BCUT2D eigenvalue weighted by Gasteiger charge is 2.10. The maximum absolute atomic E-state index is 10.4. The molecule has 15 heavy (non-hydrogen) atoms. The SMILES string of the molecule is Cl.NC(CCSc1ccccc1)C(=O)O. The molecule has 0 aliphatic heterocycles. The van der Waals surface area contributed by atoms with E-state index in [0.717, 1.165) is 10.6 Å². The van der Waals surface area contributed by atoms with Crippen LogP contribution in [0.25, 0.3) is 0 Å². The summed E-state index contributed by atoms with van der Waals surface area (Å²) >= 11 is 1.62. The fourth-order valence-electron chi connectivity index (χ4n) is 0.944. The van der Waals surface area contributed by atoms with Crippen LogP contribution in [-0.2, 0) is 4.79 Å². The molecule has 0 amide bonds. The number of carbonyl (C=O) groups is 1. The number of aliphatic carboxylic acids is 1. The summed E-state index contributed by atoms with van der Waals surface area (Å²) in [7, 11) is 0. The highest BCUT2D eigenvalue weighted by atomic mass is 35.5. The lowest BCUT2D eigenvalue weighted by atomic mass is 10.2. The largest absolute Gasteiger partial charge is 0.480 e. The van der Waals surface area contributed by atoms with E-state index in [1.165, 1.54) is 0 Å². The Bertz CT molecular complexity index is 295. The molecule has 5 heteroatoms. The summed E-state index contributed by atoms with van der Waals surface area (Å²) in [6, 6.07) is 9.12. The Hall–Kier alpha value is -0.710. The molecule has 0 saturated carbocycles. The van der Waals surface area contributed by atoms with Crippen molar-refractivity contribution in [3.05, 3.63) is 30.3 Å². The van der Waals surface area contributed by atoms with Crippen molar-refractivity contribution in [1.82, 2.24) is 0 Å². The highest BCUT2D eigenvalue weighted by molar-refractivity contribution is 7.99. The van der Waals surface area contributed by atoms with Gasteiger partial charge in [0.1, 0.15) is 6.04 Å². The van der Waals surface area contributed by atoms with E-state index >= 15 is 0 Å². The average molecular weight is 248 g/mol. The van der Waals surface area contributed by atoms with Crippen molar-refractivity contribution in [2.45, 2.75) is 17.4 Å². The van der Waals surface area contributed by atoms with Gasteiger partial charge in [0.25, 0.3) is 0 Å². The lowest BCUT2D eigenvalue weighted by molar-refractivity contribution is -0.138. The van der Waals surface area contributed by atoms with E-state index in [-0.39, 0.29) is 12.4 Å². The molecule has 0 aliphatic rings. The van der Waals surface area contributed by atoms with Gasteiger partial charge in [-0.05, 0) is 18.6 Å². The minimum atomic E-state index is -0.932. The normalized spacial score (nSPS) is 11.5. The molecule has 1 unspecified atom stereocenters. The van der Waals surface area contributed by atoms with E-state index in [1.54, 1.807) is 11.8 Å². The Kier molecular flexibility index (Phi) is 7.21. The molecule has 1 aromatic rings. The van der Waals surface area contributed by atoms with Gasteiger partial charge in [0, 0.05) is 10.6 Å². The van der Waals surface area contributed by atoms with Gasteiger partial charge in [-0.25, -0.2) is 0 Å². The zero-order valence-electron chi connectivity index (χ0n) is 8.13. The smallest absolute Gasteiger partial charge is 0.320 e. The molecule has 0 saturated heterocycles. The monoisotopic (exact) mass is 247 g/mol. The van der Waals surface area contributed by atoms with Crippen molar-refractivity contribution in [1.29, 1.82) is 0 Å². The number of hydrogen-bond acceptors (Lipinski definition) is 3. The van der Waals surface area contributed by atoms with Crippen molar-refractivity contribution in [2.75, 3.05) is 5.75 Å². The first kappa shape index (κ1) is 14.3. The average Bonchev–Trinajstić information content (AvgIpc) is 2.19. The molecule has 0 bridgehead atoms. The number of thioether (sulfide) groups is 1. The van der Waals surface area contributed by atoms with Gasteiger partial charge in [0.05, 0.1) is 0 Å². The molecule has 0 spiro atoms. The van der Waals surface area contributed by atoms with Crippen LogP contribution in [0.5, 0.6) is 0 Å². The van der Waals surface area contributed by atoms with Crippen molar-refractivity contribution >= 4 is 30.1 Å². The predicted octanol–water partition coefficient (Wildman–Crippen LogP) is 2.00. The van der Waals surface area contributed by atoms with Gasteiger partial charge in [-0.15, -0.1) is 24.2 Å². The van der Waals surface area contributed by atoms with Gasteiger partial charge in [-0.1, -0.05) is 18.2 Å². The van der Waals surface area contributed by atoms with Gasteiger partial charge in [-0.2, -0.15) is 0 Å². The van der Waals surface area contributed by atoms with Crippen LogP contribution >= 0.6 is 24.2 Å². The van der Waals surface area contributed by atoms with Crippen LogP contribution in [0.3, 0.4) is 0 Å². The molecule has 0 aliphatic carbocycles. The molecule has 3 N–H and O–H groups in total. The first-order valence-electron chi connectivity index (χ1n) is 4.36. The van der Waals surface area contributed by atoms with Crippen LogP contribution in [0.4, 0.5) is 0 Å². The van der Waals surface area contributed by atoms with E-state index in [2.05, 4.69) is 0 Å². The van der Waals surface area contributed by atoms with E-state index < -0.39 is 12.0 Å². The minimum absolute atomic E-state index is 0. The lowest BCUT2D eigenvalue weighted by Gasteiger charge is -2.05. The van der Waals surface area contributed by atoms with Crippen LogP contribution in [0.15, 0.2) is 35.2 Å². The Morgan fingerprint density at radius 3 is 2.53 bits per heavy atom. The second-order valence-electron chi connectivity index (χ2n) is 2.89. The van der Waals surface area contributed by atoms with Crippen molar-refractivity contribution in [2.24, 2.45) is 5.73 Å². The third kappa shape index (κ3) is 5.67. The zero-order chi connectivity index (χ0) is 10.4. The van der Waals surface area contributed by atoms with E-state index in [0.29, 0.717) is 6.42 Å². The maximum Gasteiger partial charge on any atom is 0.320 e. The van der Waals surface area contributed by atoms with Crippen LogP contribution < -0.4 is 5.73 Å². The fourth-order valence-corrected chi connectivity index (χ4v) is 1.90. The number of benzene rings is 1. The number of halogens is 1. The predicted molar refractivity (Wildman–Crippen MR) is 64.6 cm³/mol. The Morgan fingerprint density at radius 1 is 1.40 bits per heavy atom. The Morgan fingerprint density at radius 2 is 2.00 bits per heavy atom. The number of carboxylic acids is 1. The van der Waals surface area contributed by atoms with Gasteiger partial charge in [0.2, 0.25) is 0 Å². The number of nitrogens with two attached hydrogens (primary N) is 1. The topological polar surface area (TPSA) is 63.3 Å². The molecular formula is C10H14ClNO2S. The van der Waals surface area contributed by atoms with Gasteiger partial charge >= 0.3 is 5.97 Å². The molecule has 84 valence electrons. The summed E-state index contributed by atoms with van der Waals surface area (Å²) in [5.41, 5.74) is 5.37. The number of rotatable bonds is 5. The van der Waals surface area contributed by atoms with Crippen LogP contribution in [0, 0.1) is 0 Å². The fraction of sp³-hybridized carbons (Fsp3) is 0.300. The molecule has 0 heterocycles. The summed E-state index contributed by atoms with van der Waals surface area (Å²) in [6.45, 7) is 0. The highest BCUT2D eigenvalue weighted by Crippen LogP contribution is 2.17. The first-order valence-corrected chi connectivity index (χ1v) is 5.35. The third-order valence-corrected chi connectivity index (χ3v) is 2.80. The first-order chi connectivity index (χ1) is 6.70. The van der Waals surface area contributed by atoms with Crippen molar-refractivity contribution in [3.8, 4) is 0 Å². The van der Waals surface area contributed by atoms with E-state index in [4.69, 9.17) is 10.8 Å². The summed E-state index contributed by atoms with van der Waals surface area (Å²) in [5, 5.41) is 8.54. The number of carboxylic acid groups (broad SMARTS) is 1. The lowest BCUT2D eigenvalue weighted by Crippen LogP contribution is -2.30. The van der Waals surface area contributed by atoms with E-state index in [1.807, 2.05) is 30.3 Å². The quantitative estimate of drug-likeness (QED) is 0.782.